The van der Waals surface area contributed by atoms with Crippen LogP contribution in [0.15, 0.2) is 29.3 Å². The second-order valence-corrected chi connectivity index (χ2v) is 7.65. The van der Waals surface area contributed by atoms with E-state index in [0.29, 0.717) is 40.9 Å². The predicted molar refractivity (Wildman–Crippen MR) is 117 cm³/mol. The number of rotatable bonds is 8. The highest BCUT2D eigenvalue weighted by molar-refractivity contribution is 6.07. The van der Waals surface area contributed by atoms with Crippen molar-refractivity contribution in [1.82, 2.24) is 10.3 Å². The lowest BCUT2D eigenvalue weighted by Gasteiger charge is -2.28. The number of aromatic nitrogens is 1. The Kier molecular flexibility index (Phi) is 7.70. The van der Waals surface area contributed by atoms with Crippen LogP contribution in [0.5, 0.6) is 0 Å². The van der Waals surface area contributed by atoms with E-state index in [2.05, 4.69) is 27.5 Å². The van der Waals surface area contributed by atoms with Crippen LogP contribution in [0, 0.1) is 5.82 Å². The summed E-state index contributed by atoms with van der Waals surface area (Å²) in [6.45, 7) is 5.94. The number of nitrogens with two attached hydrogens (primary N) is 1. The van der Waals surface area contributed by atoms with Crippen molar-refractivity contribution in [1.29, 1.82) is 0 Å². The maximum Gasteiger partial charge on any atom is 0.282 e. The van der Waals surface area contributed by atoms with Crippen LogP contribution in [0.4, 0.5) is 10.2 Å². The first kappa shape index (κ1) is 22.1. The molecule has 0 bridgehead atoms. The molecule has 1 atom stereocenters. The van der Waals surface area contributed by atoms with Gasteiger partial charge in [0.15, 0.2) is 0 Å². The second-order valence-electron chi connectivity index (χ2n) is 7.65. The number of ether oxygens (including phenoxy) is 1. The van der Waals surface area contributed by atoms with E-state index in [1.165, 1.54) is 12.1 Å². The van der Waals surface area contributed by atoms with Crippen molar-refractivity contribution in [2.45, 2.75) is 51.6 Å². The minimum atomic E-state index is -0.469. The number of benzene rings is 1. The molecule has 2 aromatic rings. The molecule has 0 saturated carbocycles. The van der Waals surface area contributed by atoms with Crippen LogP contribution in [-0.4, -0.2) is 48.6 Å². The Morgan fingerprint density at radius 3 is 2.83 bits per heavy atom. The Hall–Kier alpha value is -2.58. The number of fused-ring (bicyclic) bond motifs is 1. The Morgan fingerprint density at radius 1 is 1.37 bits per heavy atom. The molecule has 7 nitrogen and oxygen atoms in total. The minimum Gasteiger partial charge on any atom is -0.387 e. The Labute approximate surface area is 176 Å². The molecule has 1 aliphatic heterocycles. The van der Waals surface area contributed by atoms with Crippen LogP contribution < -0.4 is 16.4 Å². The number of carbonyl (C=O) groups is 1. The molecule has 1 aromatic carbocycles. The van der Waals surface area contributed by atoms with Crippen LogP contribution in [0.3, 0.4) is 0 Å². The molecule has 0 aliphatic carbocycles. The molecule has 0 spiro atoms. The van der Waals surface area contributed by atoms with Crippen molar-refractivity contribution in [3.8, 4) is 0 Å². The number of amidine groups is 1. The lowest BCUT2D eigenvalue weighted by atomic mass is 10.0. The smallest absolute Gasteiger partial charge is 0.282 e. The van der Waals surface area contributed by atoms with Gasteiger partial charge in [-0.25, -0.2) is 9.37 Å². The highest BCUT2D eigenvalue weighted by Gasteiger charge is 2.18. The van der Waals surface area contributed by atoms with E-state index < -0.39 is 5.91 Å². The molecule has 162 valence electrons. The van der Waals surface area contributed by atoms with E-state index in [0.717, 1.165) is 38.9 Å². The first-order valence-corrected chi connectivity index (χ1v) is 10.5. The maximum atomic E-state index is 13.6. The normalized spacial score (nSPS) is 16.6. The van der Waals surface area contributed by atoms with Crippen LogP contribution in [0.2, 0.25) is 0 Å². The van der Waals surface area contributed by atoms with Gasteiger partial charge in [0.25, 0.3) is 5.91 Å². The molecule has 1 unspecified atom stereocenters. The van der Waals surface area contributed by atoms with Gasteiger partial charge in [-0.3, -0.25) is 4.79 Å². The number of nitrogens with one attached hydrogen (secondary N) is 2. The summed E-state index contributed by atoms with van der Waals surface area (Å²) in [5.41, 5.74) is 6.39. The summed E-state index contributed by atoms with van der Waals surface area (Å²) in [6.07, 6.45) is 3.91. The fraction of sp³-hybridized carbons (Fsp3) is 0.500. The number of hydrogen-bond acceptors (Lipinski definition) is 5. The number of amides is 1. The summed E-state index contributed by atoms with van der Waals surface area (Å²) in [4.78, 5) is 20.9. The molecule has 1 aromatic heterocycles. The third-order valence-electron chi connectivity index (χ3n) is 5.26. The Morgan fingerprint density at radius 2 is 2.13 bits per heavy atom. The molecule has 3 rings (SSSR count). The fourth-order valence-electron chi connectivity index (χ4n) is 3.63. The van der Waals surface area contributed by atoms with E-state index in [1.807, 2.05) is 0 Å². The molecule has 1 saturated heterocycles. The molecular weight excluding hydrogens is 385 g/mol. The van der Waals surface area contributed by atoms with Crippen molar-refractivity contribution in [2.75, 3.05) is 25.1 Å². The predicted octanol–water partition coefficient (Wildman–Crippen LogP) is 3.24. The first-order chi connectivity index (χ1) is 14.5. The van der Waals surface area contributed by atoms with Gasteiger partial charge in [-0.15, -0.1) is 0 Å². The molecule has 0 radical (unpaired) electrons. The van der Waals surface area contributed by atoms with Gasteiger partial charge in [-0.2, -0.15) is 4.99 Å². The van der Waals surface area contributed by atoms with Crippen LogP contribution in [0.1, 0.15) is 49.9 Å². The van der Waals surface area contributed by atoms with Crippen molar-refractivity contribution in [3.63, 3.8) is 0 Å². The van der Waals surface area contributed by atoms with Crippen LogP contribution >= 0.6 is 0 Å². The van der Waals surface area contributed by atoms with Crippen LogP contribution in [0.25, 0.3) is 10.9 Å². The highest BCUT2D eigenvalue weighted by atomic mass is 19.1. The zero-order chi connectivity index (χ0) is 21.5. The number of aliphatic imine (C=N–C) groups is 1. The van der Waals surface area contributed by atoms with Crippen molar-refractivity contribution in [3.05, 3.63) is 35.6 Å². The standard InChI is InChI=1S/C22H30FN5O2/c1-3-17(27-18-7-10-30-11-8-18)6-9-25-21-19(22(29)26-14(2)24)12-15-4-5-16(23)13-20(15)28-21/h4-5,12-13,17-18,27H,3,6-11H2,1-2H3,(H,25,28)(H2,24,26,29). The number of anilines is 1. The van der Waals surface area contributed by atoms with Crippen LogP contribution in [-0.2, 0) is 4.74 Å². The quantitative estimate of drug-likeness (QED) is 0.452. The summed E-state index contributed by atoms with van der Waals surface area (Å²) < 4.78 is 19.1. The first-order valence-electron chi connectivity index (χ1n) is 10.5. The summed E-state index contributed by atoms with van der Waals surface area (Å²) in [7, 11) is 0. The largest absolute Gasteiger partial charge is 0.387 e. The number of halogens is 1. The third-order valence-corrected chi connectivity index (χ3v) is 5.26. The van der Waals surface area contributed by atoms with E-state index in [-0.39, 0.29) is 11.7 Å². The number of carbonyl (C=O) groups excluding carboxylic acids is 1. The molecule has 4 N–H and O–H groups in total. The second kappa shape index (κ2) is 10.4. The lowest BCUT2D eigenvalue weighted by molar-refractivity contribution is 0.0745. The Balaban J connectivity index is 1.74. The third kappa shape index (κ3) is 5.96. The van der Waals surface area contributed by atoms with Gasteiger partial charge in [-0.1, -0.05) is 6.92 Å². The van der Waals surface area contributed by atoms with E-state index >= 15 is 0 Å². The van der Waals surface area contributed by atoms with Gasteiger partial charge in [0.05, 0.1) is 11.1 Å². The number of hydrogen-bond donors (Lipinski definition) is 3. The highest BCUT2D eigenvalue weighted by Crippen LogP contribution is 2.22. The van der Waals surface area contributed by atoms with E-state index in [1.54, 1.807) is 19.1 Å². The summed E-state index contributed by atoms with van der Waals surface area (Å²) >= 11 is 0. The monoisotopic (exact) mass is 415 g/mol. The van der Waals surface area contributed by atoms with Crippen molar-refractivity contribution in [2.24, 2.45) is 10.7 Å². The summed E-state index contributed by atoms with van der Waals surface area (Å²) in [5, 5.41) is 7.62. The van der Waals surface area contributed by atoms with Gasteiger partial charge in [0.2, 0.25) is 0 Å². The number of pyridine rings is 1. The van der Waals surface area contributed by atoms with Gasteiger partial charge in [0.1, 0.15) is 17.5 Å². The van der Waals surface area contributed by atoms with Gasteiger partial charge >= 0.3 is 0 Å². The zero-order valence-corrected chi connectivity index (χ0v) is 17.6. The molecule has 1 aliphatic rings. The van der Waals surface area contributed by atoms with Gasteiger partial charge in [0, 0.05) is 43.3 Å². The summed E-state index contributed by atoms with van der Waals surface area (Å²) in [5.74, 6) is -0.271. The van der Waals surface area contributed by atoms with Gasteiger partial charge < -0.3 is 21.1 Å². The maximum absolute atomic E-state index is 13.6. The summed E-state index contributed by atoms with van der Waals surface area (Å²) in [6, 6.07) is 6.80. The fourth-order valence-corrected chi connectivity index (χ4v) is 3.63. The van der Waals surface area contributed by atoms with Crippen molar-refractivity contribution < 1.29 is 13.9 Å². The molecule has 8 heteroatoms. The van der Waals surface area contributed by atoms with E-state index in [9.17, 15) is 9.18 Å². The average molecular weight is 416 g/mol. The molecular formula is C22H30FN5O2. The molecule has 1 amide bonds. The van der Waals surface area contributed by atoms with Crippen molar-refractivity contribution >= 4 is 28.5 Å². The average Bonchev–Trinajstić information content (AvgIpc) is 2.72. The lowest BCUT2D eigenvalue weighted by Crippen LogP contribution is -2.42. The zero-order valence-electron chi connectivity index (χ0n) is 17.6. The molecule has 2 heterocycles. The SMILES string of the molecule is CCC(CCNc1nc2cc(F)ccc2cc1C(=O)N=C(C)N)NC1CCOCC1. The number of nitrogens with zero attached hydrogens (tertiary/aromatic N) is 2. The molecule has 1 fully saturated rings. The van der Waals surface area contributed by atoms with E-state index in [4.69, 9.17) is 10.5 Å². The molecule has 30 heavy (non-hydrogen) atoms. The van der Waals surface area contributed by atoms with Gasteiger partial charge in [-0.05, 0) is 50.8 Å². The topological polar surface area (TPSA) is 102 Å². The Bertz CT molecular complexity index is 908. The minimum absolute atomic E-state index is 0.178.